The molecule has 1 aromatic carbocycles. The number of rotatable bonds is 3. The first-order valence-corrected chi connectivity index (χ1v) is 7.46. The summed E-state index contributed by atoms with van der Waals surface area (Å²) in [4.78, 5) is 14.4. The number of likely N-dealkylation sites (tertiary alicyclic amines) is 1. The molecule has 5 heteroatoms. The summed E-state index contributed by atoms with van der Waals surface area (Å²) in [6, 6.07) is 13.7. The van der Waals surface area contributed by atoms with Gasteiger partial charge in [-0.05, 0) is 37.0 Å². The van der Waals surface area contributed by atoms with Gasteiger partial charge in [0.2, 0.25) is 0 Å². The summed E-state index contributed by atoms with van der Waals surface area (Å²) in [5, 5.41) is 7.94. The maximum atomic E-state index is 12.5. The number of carbonyl (C=O) groups excluding carboxylic acids is 1. The van der Waals surface area contributed by atoms with Gasteiger partial charge in [0, 0.05) is 12.6 Å². The van der Waals surface area contributed by atoms with Crippen LogP contribution in [0, 0.1) is 0 Å². The van der Waals surface area contributed by atoms with Crippen LogP contribution in [0.3, 0.4) is 0 Å². The first-order valence-electron chi connectivity index (χ1n) is 7.08. The lowest BCUT2D eigenvalue weighted by atomic mass is 10.0. The standard InChI is InChI=1S/C16H16ClN3O/c17-15-9-8-14(18-19-15)16(21)20-10-4-7-13(20)11-12-5-2-1-3-6-12/h1-3,5-6,8-9,13H,4,7,10-11H2. The van der Waals surface area contributed by atoms with Gasteiger partial charge in [-0.2, -0.15) is 0 Å². The van der Waals surface area contributed by atoms with E-state index in [0.717, 1.165) is 25.8 Å². The topological polar surface area (TPSA) is 46.1 Å². The van der Waals surface area contributed by atoms with Crippen molar-refractivity contribution in [2.75, 3.05) is 6.54 Å². The van der Waals surface area contributed by atoms with Gasteiger partial charge in [-0.25, -0.2) is 0 Å². The number of hydrogen-bond donors (Lipinski definition) is 0. The van der Waals surface area contributed by atoms with Crippen molar-refractivity contribution >= 4 is 17.5 Å². The molecule has 0 N–H and O–H groups in total. The monoisotopic (exact) mass is 301 g/mol. The predicted molar refractivity (Wildman–Crippen MR) is 81.2 cm³/mol. The summed E-state index contributed by atoms with van der Waals surface area (Å²) in [5.41, 5.74) is 1.61. The molecular weight excluding hydrogens is 286 g/mol. The molecule has 1 aliphatic rings. The molecule has 1 atom stereocenters. The van der Waals surface area contributed by atoms with E-state index < -0.39 is 0 Å². The smallest absolute Gasteiger partial charge is 0.274 e. The molecule has 108 valence electrons. The van der Waals surface area contributed by atoms with Crippen molar-refractivity contribution in [3.63, 3.8) is 0 Å². The van der Waals surface area contributed by atoms with E-state index in [9.17, 15) is 4.79 Å². The van der Waals surface area contributed by atoms with E-state index in [1.165, 1.54) is 5.56 Å². The molecule has 2 aromatic rings. The fourth-order valence-corrected chi connectivity index (χ4v) is 2.88. The van der Waals surface area contributed by atoms with Crippen molar-refractivity contribution in [3.05, 3.63) is 58.9 Å². The third kappa shape index (κ3) is 3.22. The predicted octanol–water partition coefficient (Wildman–Crippen LogP) is 2.98. The second-order valence-electron chi connectivity index (χ2n) is 5.23. The number of hydrogen-bond acceptors (Lipinski definition) is 3. The SMILES string of the molecule is O=C(c1ccc(Cl)nn1)N1CCCC1Cc1ccccc1. The highest BCUT2D eigenvalue weighted by Gasteiger charge is 2.30. The first-order chi connectivity index (χ1) is 10.2. The number of carbonyl (C=O) groups is 1. The summed E-state index contributed by atoms with van der Waals surface area (Å²) in [5.74, 6) is -0.0578. The quantitative estimate of drug-likeness (QED) is 0.875. The minimum Gasteiger partial charge on any atom is -0.334 e. The zero-order valence-corrected chi connectivity index (χ0v) is 12.3. The number of benzene rings is 1. The van der Waals surface area contributed by atoms with Crippen molar-refractivity contribution in [2.45, 2.75) is 25.3 Å². The van der Waals surface area contributed by atoms with E-state index in [4.69, 9.17) is 11.6 Å². The Morgan fingerprint density at radius 1 is 1.19 bits per heavy atom. The summed E-state index contributed by atoms with van der Waals surface area (Å²) >= 11 is 5.71. The van der Waals surface area contributed by atoms with Gasteiger partial charge in [0.15, 0.2) is 10.8 Å². The average Bonchev–Trinajstić information content (AvgIpc) is 2.96. The Hall–Kier alpha value is -1.94. The van der Waals surface area contributed by atoms with Crippen LogP contribution in [0.2, 0.25) is 5.15 Å². The lowest BCUT2D eigenvalue weighted by molar-refractivity contribution is 0.0729. The van der Waals surface area contributed by atoms with E-state index in [2.05, 4.69) is 22.3 Å². The fraction of sp³-hybridized carbons (Fsp3) is 0.312. The van der Waals surface area contributed by atoms with Crippen LogP contribution in [0.25, 0.3) is 0 Å². The van der Waals surface area contributed by atoms with Crippen molar-refractivity contribution in [1.82, 2.24) is 15.1 Å². The molecule has 21 heavy (non-hydrogen) atoms. The van der Waals surface area contributed by atoms with Crippen LogP contribution >= 0.6 is 11.6 Å². The number of aromatic nitrogens is 2. The van der Waals surface area contributed by atoms with Crippen LogP contribution in [0.5, 0.6) is 0 Å². The Labute approximate surface area is 128 Å². The number of halogens is 1. The van der Waals surface area contributed by atoms with Crippen molar-refractivity contribution < 1.29 is 4.79 Å². The number of nitrogens with zero attached hydrogens (tertiary/aromatic N) is 3. The van der Waals surface area contributed by atoms with Crippen molar-refractivity contribution in [2.24, 2.45) is 0 Å². The third-order valence-electron chi connectivity index (χ3n) is 3.80. The molecular formula is C16H16ClN3O. The second kappa shape index (κ2) is 6.22. The maximum absolute atomic E-state index is 12.5. The molecule has 0 radical (unpaired) electrons. The van der Waals surface area contributed by atoms with Gasteiger partial charge in [-0.15, -0.1) is 10.2 Å². The number of amides is 1. The minimum absolute atomic E-state index is 0.0578. The molecule has 0 aliphatic carbocycles. The van der Waals surface area contributed by atoms with Crippen LogP contribution in [-0.4, -0.2) is 33.6 Å². The van der Waals surface area contributed by atoms with Crippen molar-refractivity contribution in [3.8, 4) is 0 Å². The summed E-state index contributed by atoms with van der Waals surface area (Å²) in [7, 11) is 0. The Balaban J connectivity index is 1.74. The van der Waals surface area contributed by atoms with Gasteiger partial charge < -0.3 is 4.90 Å². The molecule has 1 unspecified atom stereocenters. The first kappa shape index (κ1) is 14.0. The highest BCUT2D eigenvalue weighted by atomic mass is 35.5. The molecule has 2 heterocycles. The van der Waals surface area contributed by atoms with E-state index in [1.807, 2.05) is 23.1 Å². The summed E-state index contributed by atoms with van der Waals surface area (Å²) in [6.07, 6.45) is 2.94. The Morgan fingerprint density at radius 2 is 2.00 bits per heavy atom. The Morgan fingerprint density at radius 3 is 2.71 bits per heavy atom. The Kier molecular flexibility index (Phi) is 4.15. The van der Waals surface area contributed by atoms with Crippen LogP contribution in [0.4, 0.5) is 0 Å². The second-order valence-corrected chi connectivity index (χ2v) is 5.61. The zero-order chi connectivity index (χ0) is 14.7. The van der Waals surface area contributed by atoms with Gasteiger partial charge in [0.25, 0.3) is 5.91 Å². The molecule has 1 aromatic heterocycles. The minimum atomic E-state index is -0.0578. The van der Waals surface area contributed by atoms with Gasteiger partial charge in [0.1, 0.15) is 0 Å². The molecule has 3 rings (SSSR count). The van der Waals surface area contributed by atoms with Crippen LogP contribution in [-0.2, 0) is 6.42 Å². The van der Waals surface area contributed by atoms with Crippen LogP contribution < -0.4 is 0 Å². The Bertz CT molecular complexity index is 615. The lowest BCUT2D eigenvalue weighted by Gasteiger charge is -2.24. The molecule has 1 amide bonds. The molecule has 1 aliphatic heterocycles. The summed E-state index contributed by atoms with van der Waals surface area (Å²) < 4.78 is 0. The van der Waals surface area contributed by atoms with Crippen LogP contribution in [0.15, 0.2) is 42.5 Å². The maximum Gasteiger partial charge on any atom is 0.274 e. The molecule has 1 fully saturated rings. The van der Waals surface area contributed by atoms with E-state index in [1.54, 1.807) is 12.1 Å². The highest BCUT2D eigenvalue weighted by Crippen LogP contribution is 2.23. The normalized spacial score (nSPS) is 18.0. The third-order valence-corrected chi connectivity index (χ3v) is 4.00. The molecule has 0 bridgehead atoms. The average molecular weight is 302 g/mol. The van der Waals surface area contributed by atoms with E-state index >= 15 is 0 Å². The van der Waals surface area contributed by atoms with Gasteiger partial charge in [-0.3, -0.25) is 4.79 Å². The van der Waals surface area contributed by atoms with Gasteiger partial charge in [-0.1, -0.05) is 41.9 Å². The molecule has 0 spiro atoms. The van der Waals surface area contributed by atoms with Crippen molar-refractivity contribution in [1.29, 1.82) is 0 Å². The van der Waals surface area contributed by atoms with Crippen LogP contribution in [0.1, 0.15) is 28.9 Å². The summed E-state index contributed by atoms with van der Waals surface area (Å²) in [6.45, 7) is 0.778. The zero-order valence-electron chi connectivity index (χ0n) is 11.6. The van der Waals surface area contributed by atoms with E-state index in [0.29, 0.717) is 10.8 Å². The fourth-order valence-electron chi connectivity index (χ4n) is 2.78. The molecule has 1 saturated heterocycles. The molecule has 0 saturated carbocycles. The highest BCUT2D eigenvalue weighted by molar-refractivity contribution is 6.29. The largest absolute Gasteiger partial charge is 0.334 e. The lowest BCUT2D eigenvalue weighted by Crippen LogP contribution is -2.37. The molecule has 4 nitrogen and oxygen atoms in total. The van der Waals surface area contributed by atoms with Gasteiger partial charge in [0.05, 0.1) is 0 Å². The van der Waals surface area contributed by atoms with Gasteiger partial charge >= 0.3 is 0 Å². The van der Waals surface area contributed by atoms with E-state index in [-0.39, 0.29) is 11.9 Å².